The number of aliphatic hydroxyl groups is 3. The molecule has 0 bridgehead atoms. The van der Waals surface area contributed by atoms with E-state index < -0.39 is 0 Å². The third kappa shape index (κ3) is 8.26. The van der Waals surface area contributed by atoms with Gasteiger partial charge in [-0.15, -0.1) is 11.8 Å². The molecule has 3 heterocycles. The second kappa shape index (κ2) is 16.9. The van der Waals surface area contributed by atoms with Gasteiger partial charge in [-0.2, -0.15) is 0 Å². The maximum absolute atomic E-state index is 9.30. The van der Waals surface area contributed by atoms with Gasteiger partial charge >= 0.3 is 0 Å². The maximum atomic E-state index is 9.30. The standard InChI is InChI=1S/C14H20O2.C13H18O2.C12H16OS/c1-2-7-14(8-10-15)9-11-16-13-6-4-3-5-12(13)14;1-2-13(7-9-14)8-10-15-12-6-4-3-5-11(12)13;1-12(6-8-13)7-9-14-11-5-3-2-4-10(11)12/h3-6,15H,2,7-11H2,1H3;3-6,14H,2,7-10H2,1H3;2-5,13H,6-9H2,1H3. The molecule has 5 nitrogen and oxygen atoms in total. The first-order valence-corrected chi connectivity index (χ1v) is 17.9. The van der Waals surface area contributed by atoms with Crippen LogP contribution in [0.1, 0.15) is 95.2 Å². The molecule has 3 aliphatic rings. The molecule has 3 aliphatic heterocycles. The van der Waals surface area contributed by atoms with Crippen molar-refractivity contribution in [2.24, 2.45) is 0 Å². The Labute approximate surface area is 275 Å². The third-order valence-electron chi connectivity index (χ3n) is 10.3. The topological polar surface area (TPSA) is 79.2 Å². The summed E-state index contributed by atoms with van der Waals surface area (Å²) in [6, 6.07) is 25.1. The minimum Gasteiger partial charge on any atom is -0.493 e. The molecule has 246 valence electrons. The second-order valence-electron chi connectivity index (χ2n) is 12.9. The van der Waals surface area contributed by atoms with Crippen LogP contribution in [0.5, 0.6) is 11.5 Å². The summed E-state index contributed by atoms with van der Waals surface area (Å²) in [5, 5.41) is 27.6. The highest BCUT2D eigenvalue weighted by Gasteiger charge is 2.37. The molecule has 3 unspecified atom stereocenters. The van der Waals surface area contributed by atoms with E-state index in [0.29, 0.717) is 0 Å². The summed E-state index contributed by atoms with van der Waals surface area (Å²) in [6.07, 6.45) is 9.13. The number of ether oxygens (including phenoxy) is 2. The number of rotatable bonds is 9. The van der Waals surface area contributed by atoms with Crippen LogP contribution in [0.3, 0.4) is 0 Å². The molecule has 3 aromatic rings. The molecule has 45 heavy (non-hydrogen) atoms. The van der Waals surface area contributed by atoms with Crippen LogP contribution in [-0.4, -0.2) is 54.1 Å². The normalized spacial score (nSPS) is 24.6. The Morgan fingerprint density at radius 1 is 0.622 bits per heavy atom. The van der Waals surface area contributed by atoms with Crippen LogP contribution in [0.4, 0.5) is 0 Å². The van der Waals surface area contributed by atoms with Gasteiger partial charge in [0.15, 0.2) is 0 Å². The van der Waals surface area contributed by atoms with Crippen LogP contribution >= 0.6 is 11.8 Å². The molecule has 3 aromatic carbocycles. The molecular formula is C39H54O5S. The van der Waals surface area contributed by atoms with E-state index in [0.717, 1.165) is 76.1 Å². The highest BCUT2D eigenvalue weighted by atomic mass is 32.2. The van der Waals surface area contributed by atoms with Crippen LogP contribution in [0.15, 0.2) is 77.7 Å². The van der Waals surface area contributed by atoms with Gasteiger partial charge in [0, 0.05) is 46.7 Å². The van der Waals surface area contributed by atoms with Gasteiger partial charge in [-0.3, -0.25) is 0 Å². The number of fused-ring (bicyclic) bond motifs is 3. The van der Waals surface area contributed by atoms with E-state index in [1.54, 1.807) is 0 Å². The van der Waals surface area contributed by atoms with Crippen molar-refractivity contribution in [3.05, 3.63) is 89.5 Å². The summed E-state index contributed by atoms with van der Waals surface area (Å²) in [5.74, 6) is 3.18. The Morgan fingerprint density at radius 3 is 1.71 bits per heavy atom. The lowest BCUT2D eigenvalue weighted by Gasteiger charge is -2.38. The van der Waals surface area contributed by atoms with Crippen molar-refractivity contribution >= 4 is 11.8 Å². The number of para-hydroxylation sites is 2. The molecule has 6 heteroatoms. The highest BCUT2D eigenvalue weighted by Crippen LogP contribution is 2.45. The fraction of sp³-hybridized carbons (Fsp3) is 0.538. The number of aliphatic hydroxyl groups excluding tert-OH is 3. The van der Waals surface area contributed by atoms with Crippen LogP contribution < -0.4 is 9.47 Å². The Balaban J connectivity index is 0.000000154. The summed E-state index contributed by atoms with van der Waals surface area (Å²) < 4.78 is 11.3. The highest BCUT2D eigenvalue weighted by molar-refractivity contribution is 7.99. The van der Waals surface area contributed by atoms with Crippen molar-refractivity contribution in [3.8, 4) is 11.5 Å². The zero-order chi connectivity index (χ0) is 32.2. The Morgan fingerprint density at radius 2 is 1.13 bits per heavy atom. The molecule has 0 saturated carbocycles. The van der Waals surface area contributed by atoms with Gasteiger partial charge < -0.3 is 24.8 Å². The number of hydrogen-bond acceptors (Lipinski definition) is 6. The molecule has 0 saturated heterocycles. The number of benzene rings is 3. The van der Waals surface area contributed by atoms with E-state index in [1.807, 2.05) is 36.0 Å². The van der Waals surface area contributed by atoms with Gasteiger partial charge in [-0.1, -0.05) is 81.8 Å². The van der Waals surface area contributed by atoms with Crippen molar-refractivity contribution in [1.82, 2.24) is 0 Å². The summed E-state index contributed by atoms with van der Waals surface area (Å²) in [4.78, 5) is 1.40. The molecule has 3 N–H and O–H groups in total. The number of thioether (sulfide) groups is 1. The lowest BCUT2D eigenvalue weighted by molar-refractivity contribution is 0.162. The zero-order valence-corrected chi connectivity index (χ0v) is 28.4. The third-order valence-corrected chi connectivity index (χ3v) is 11.4. The molecule has 0 fully saturated rings. The first-order valence-electron chi connectivity index (χ1n) is 16.9. The molecule has 0 amide bonds. The molecule has 0 aromatic heterocycles. The van der Waals surface area contributed by atoms with Crippen LogP contribution in [0.25, 0.3) is 0 Å². The molecule has 0 aliphatic carbocycles. The van der Waals surface area contributed by atoms with Gasteiger partial charge in [0.05, 0.1) is 13.2 Å². The van der Waals surface area contributed by atoms with Gasteiger partial charge in [0.25, 0.3) is 0 Å². The quantitative estimate of drug-likeness (QED) is 0.220. The van der Waals surface area contributed by atoms with E-state index >= 15 is 0 Å². The van der Waals surface area contributed by atoms with Crippen LogP contribution in [-0.2, 0) is 16.2 Å². The first-order chi connectivity index (χ1) is 21.9. The van der Waals surface area contributed by atoms with E-state index in [1.165, 1.54) is 33.8 Å². The van der Waals surface area contributed by atoms with Gasteiger partial charge in [-0.25, -0.2) is 0 Å². The smallest absolute Gasteiger partial charge is 0.123 e. The minimum atomic E-state index is 0.129. The number of hydrogen-bond donors (Lipinski definition) is 3. The summed E-state index contributed by atoms with van der Waals surface area (Å²) in [7, 11) is 0. The lowest BCUT2D eigenvalue weighted by Crippen LogP contribution is -2.33. The Kier molecular flexibility index (Phi) is 13.3. The summed E-state index contributed by atoms with van der Waals surface area (Å²) in [5.41, 5.74) is 4.44. The van der Waals surface area contributed by atoms with E-state index in [-0.39, 0.29) is 36.1 Å². The van der Waals surface area contributed by atoms with Crippen LogP contribution in [0, 0.1) is 0 Å². The minimum absolute atomic E-state index is 0.129. The Bertz CT molecular complexity index is 1320. The first kappa shape index (κ1) is 35.3. The molecule has 6 rings (SSSR count). The fourth-order valence-electron chi connectivity index (χ4n) is 7.52. The largest absolute Gasteiger partial charge is 0.493 e. The second-order valence-corrected chi connectivity index (χ2v) is 14.1. The van der Waals surface area contributed by atoms with Crippen molar-refractivity contribution in [3.63, 3.8) is 0 Å². The average Bonchev–Trinajstić information content (AvgIpc) is 3.06. The molecule has 0 spiro atoms. The molecule has 0 radical (unpaired) electrons. The van der Waals surface area contributed by atoms with Crippen molar-refractivity contribution in [1.29, 1.82) is 0 Å². The maximum Gasteiger partial charge on any atom is 0.123 e. The monoisotopic (exact) mass is 634 g/mol. The predicted octanol–water partition coefficient (Wildman–Crippen LogP) is 8.21. The van der Waals surface area contributed by atoms with Gasteiger partial charge in [-0.05, 0) is 86.3 Å². The van der Waals surface area contributed by atoms with E-state index in [2.05, 4.69) is 69.3 Å². The van der Waals surface area contributed by atoms with Crippen molar-refractivity contribution < 1.29 is 24.8 Å². The van der Waals surface area contributed by atoms with Gasteiger partial charge in [0.2, 0.25) is 0 Å². The van der Waals surface area contributed by atoms with E-state index in [4.69, 9.17) is 14.6 Å². The molecular weight excluding hydrogens is 580 g/mol. The summed E-state index contributed by atoms with van der Waals surface area (Å²) >= 11 is 1.94. The molecule has 3 atom stereocenters. The summed E-state index contributed by atoms with van der Waals surface area (Å²) in [6.45, 7) is 9.00. The van der Waals surface area contributed by atoms with E-state index in [9.17, 15) is 10.2 Å². The van der Waals surface area contributed by atoms with Gasteiger partial charge in [0.1, 0.15) is 11.5 Å². The fourth-order valence-corrected chi connectivity index (χ4v) is 8.93. The predicted molar refractivity (Wildman–Crippen MR) is 186 cm³/mol. The zero-order valence-electron chi connectivity index (χ0n) is 27.6. The van der Waals surface area contributed by atoms with Crippen molar-refractivity contribution in [2.75, 3.05) is 38.8 Å². The lowest BCUT2D eigenvalue weighted by atomic mass is 9.70. The van der Waals surface area contributed by atoms with Crippen molar-refractivity contribution in [2.45, 2.75) is 99.7 Å². The Hall–Kier alpha value is -2.51. The van der Waals surface area contributed by atoms with Crippen LogP contribution in [0.2, 0.25) is 0 Å². The average molecular weight is 635 g/mol. The SMILES string of the molecule is CC1(CCO)CCSc2ccccc21.CCC1(CCO)CCOc2ccccc21.CCCC1(CCO)CCOc2ccccc21.